The van der Waals surface area contributed by atoms with Crippen molar-refractivity contribution in [2.24, 2.45) is 0 Å². The molecule has 230 valence electrons. The van der Waals surface area contributed by atoms with Crippen LogP contribution >= 0.6 is 0 Å². The van der Waals surface area contributed by atoms with Gasteiger partial charge < -0.3 is 9.13 Å². The number of fused-ring (bicyclic) bond motifs is 6. The Balaban J connectivity index is 1.14. The molecule has 0 bridgehead atoms. The summed E-state index contributed by atoms with van der Waals surface area (Å²) in [5.41, 5.74) is 11.6. The molecule has 2 heterocycles. The Labute approximate surface area is 287 Å². The molecule has 7 aromatic carbocycles. The zero-order valence-electron chi connectivity index (χ0n) is 26.7. The first-order valence-corrected chi connectivity index (χ1v) is 16.3. The molecule has 0 atom stereocenters. The summed E-state index contributed by atoms with van der Waals surface area (Å²) in [6, 6.07) is 57.8. The maximum Gasteiger partial charge on any atom is 0.0998 e. The van der Waals surface area contributed by atoms with Crippen LogP contribution in [0.4, 0.5) is 0 Å². The van der Waals surface area contributed by atoms with Crippen molar-refractivity contribution in [1.82, 2.24) is 9.13 Å². The van der Waals surface area contributed by atoms with Crippen molar-refractivity contribution in [2.75, 3.05) is 0 Å². The van der Waals surface area contributed by atoms with E-state index in [0.29, 0.717) is 16.7 Å². The maximum absolute atomic E-state index is 10.5. The van der Waals surface area contributed by atoms with Crippen LogP contribution in [0.1, 0.15) is 16.7 Å². The number of nitriles is 3. The van der Waals surface area contributed by atoms with Gasteiger partial charge in [-0.2, -0.15) is 15.8 Å². The van der Waals surface area contributed by atoms with Gasteiger partial charge in [-0.25, -0.2) is 0 Å². The Kier molecular flexibility index (Phi) is 6.56. The van der Waals surface area contributed by atoms with Gasteiger partial charge in [0, 0.05) is 38.4 Å². The standard InChI is InChI=1S/C45H25N5/c46-26-29-14-22-44-40(23-29)38-9-3-6-12-43(38)50(44)42-11-5-1-7-36(42)35-21-17-32(25-33(35)28-48)31-15-18-34(19-16-31)49-41-10-4-2-8-37(41)39-20-13-30(27-47)24-45(39)49/h1-25H. The van der Waals surface area contributed by atoms with Crippen LogP contribution in [0.5, 0.6) is 0 Å². The third-order valence-electron chi connectivity index (χ3n) is 9.64. The maximum atomic E-state index is 10.5. The summed E-state index contributed by atoms with van der Waals surface area (Å²) in [4.78, 5) is 0. The van der Waals surface area contributed by atoms with Gasteiger partial charge in [0.05, 0.1) is 62.7 Å². The van der Waals surface area contributed by atoms with E-state index in [-0.39, 0.29) is 0 Å². The Morgan fingerprint density at radius 1 is 0.380 bits per heavy atom. The number of rotatable bonds is 4. The molecular weight excluding hydrogens is 611 g/mol. The minimum atomic E-state index is 0.581. The lowest BCUT2D eigenvalue weighted by molar-refractivity contribution is 1.18. The highest BCUT2D eigenvalue weighted by molar-refractivity contribution is 6.11. The lowest BCUT2D eigenvalue weighted by Gasteiger charge is -2.16. The molecule has 9 rings (SSSR count). The van der Waals surface area contributed by atoms with Crippen molar-refractivity contribution < 1.29 is 0 Å². The van der Waals surface area contributed by atoms with Gasteiger partial charge >= 0.3 is 0 Å². The predicted octanol–water partition coefficient (Wildman–Crippen LogP) is 10.8. The van der Waals surface area contributed by atoms with Crippen molar-refractivity contribution >= 4 is 43.6 Å². The van der Waals surface area contributed by atoms with E-state index in [1.807, 2.05) is 84.9 Å². The molecule has 0 N–H and O–H groups in total. The highest BCUT2D eigenvalue weighted by atomic mass is 15.0. The Hall–Kier alpha value is -7.39. The van der Waals surface area contributed by atoms with Crippen molar-refractivity contribution in [3.8, 4) is 51.8 Å². The Morgan fingerprint density at radius 2 is 0.980 bits per heavy atom. The number of hydrogen-bond acceptors (Lipinski definition) is 3. The Morgan fingerprint density at radius 3 is 1.74 bits per heavy atom. The third-order valence-corrected chi connectivity index (χ3v) is 9.64. The van der Waals surface area contributed by atoms with Gasteiger partial charge in [-0.3, -0.25) is 0 Å². The first kappa shape index (κ1) is 28.8. The molecule has 0 radical (unpaired) electrons. The van der Waals surface area contributed by atoms with Crippen LogP contribution in [0.25, 0.3) is 77.2 Å². The summed E-state index contributed by atoms with van der Waals surface area (Å²) in [6.45, 7) is 0. The summed E-state index contributed by atoms with van der Waals surface area (Å²) in [6.07, 6.45) is 0. The SMILES string of the molecule is N#Cc1ccc2c(c1)c1ccccc1n2-c1ccccc1-c1ccc(-c2ccc(-n3c4ccccc4c4ccc(C#N)cc43)cc2)cc1C#N. The predicted molar refractivity (Wildman–Crippen MR) is 200 cm³/mol. The molecule has 50 heavy (non-hydrogen) atoms. The van der Waals surface area contributed by atoms with E-state index in [4.69, 9.17) is 0 Å². The lowest BCUT2D eigenvalue weighted by atomic mass is 9.94. The summed E-state index contributed by atoms with van der Waals surface area (Å²) < 4.78 is 4.43. The molecule has 9 aromatic rings. The number of para-hydroxylation sites is 3. The number of benzene rings is 7. The molecule has 0 spiro atoms. The molecule has 2 aromatic heterocycles. The average molecular weight is 636 g/mol. The average Bonchev–Trinajstić information content (AvgIpc) is 3.69. The second-order valence-corrected chi connectivity index (χ2v) is 12.3. The summed E-state index contributed by atoms with van der Waals surface area (Å²) in [5.74, 6) is 0. The van der Waals surface area contributed by atoms with E-state index in [1.165, 1.54) is 0 Å². The normalized spacial score (nSPS) is 11.1. The molecular formula is C45H25N5. The van der Waals surface area contributed by atoms with Crippen LogP contribution in [-0.4, -0.2) is 9.13 Å². The van der Waals surface area contributed by atoms with Gasteiger partial charge in [-0.1, -0.05) is 84.9 Å². The van der Waals surface area contributed by atoms with E-state index in [1.54, 1.807) is 0 Å². The topological polar surface area (TPSA) is 81.2 Å². The van der Waals surface area contributed by atoms with Gasteiger partial charge in [0.15, 0.2) is 0 Å². The molecule has 5 nitrogen and oxygen atoms in total. The van der Waals surface area contributed by atoms with Crippen LogP contribution in [0.2, 0.25) is 0 Å². The first-order valence-electron chi connectivity index (χ1n) is 16.3. The molecule has 0 unspecified atom stereocenters. The first-order chi connectivity index (χ1) is 24.7. The summed E-state index contributed by atoms with van der Waals surface area (Å²) >= 11 is 0. The molecule has 0 aliphatic carbocycles. The third kappa shape index (κ3) is 4.38. The van der Waals surface area contributed by atoms with Gasteiger partial charge in [0.25, 0.3) is 0 Å². The molecule has 0 aliphatic heterocycles. The molecule has 0 amide bonds. The zero-order chi connectivity index (χ0) is 33.8. The highest BCUT2D eigenvalue weighted by Gasteiger charge is 2.18. The second kappa shape index (κ2) is 11.4. The number of hydrogen-bond donors (Lipinski definition) is 0. The summed E-state index contributed by atoms with van der Waals surface area (Å²) in [7, 11) is 0. The van der Waals surface area contributed by atoms with Gasteiger partial charge in [-0.15, -0.1) is 0 Å². The largest absolute Gasteiger partial charge is 0.309 e. The lowest BCUT2D eigenvalue weighted by Crippen LogP contribution is -1.98. The van der Waals surface area contributed by atoms with Crippen LogP contribution < -0.4 is 0 Å². The van der Waals surface area contributed by atoms with Crippen LogP contribution in [0.3, 0.4) is 0 Å². The quantitative estimate of drug-likeness (QED) is 0.193. The second-order valence-electron chi connectivity index (χ2n) is 12.3. The molecule has 5 heteroatoms. The van der Waals surface area contributed by atoms with E-state index in [9.17, 15) is 15.8 Å². The van der Waals surface area contributed by atoms with Crippen molar-refractivity contribution in [3.05, 3.63) is 168 Å². The van der Waals surface area contributed by atoms with Crippen molar-refractivity contribution in [3.63, 3.8) is 0 Å². The van der Waals surface area contributed by atoms with Crippen molar-refractivity contribution in [2.45, 2.75) is 0 Å². The molecule has 0 fully saturated rings. The van der Waals surface area contributed by atoms with Crippen molar-refractivity contribution in [1.29, 1.82) is 15.8 Å². The van der Waals surface area contributed by atoms with Gasteiger partial charge in [-0.05, 0) is 77.9 Å². The molecule has 0 saturated heterocycles. The fraction of sp³-hybridized carbons (Fsp3) is 0. The van der Waals surface area contributed by atoms with Gasteiger partial charge in [0.2, 0.25) is 0 Å². The fourth-order valence-corrected chi connectivity index (χ4v) is 7.37. The van der Waals surface area contributed by atoms with E-state index in [0.717, 1.165) is 77.2 Å². The summed E-state index contributed by atoms with van der Waals surface area (Å²) in [5, 5.41) is 34.0. The minimum absolute atomic E-state index is 0.581. The minimum Gasteiger partial charge on any atom is -0.309 e. The van der Waals surface area contributed by atoms with Crippen LogP contribution in [0, 0.1) is 34.0 Å². The van der Waals surface area contributed by atoms with E-state index < -0.39 is 0 Å². The smallest absolute Gasteiger partial charge is 0.0998 e. The van der Waals surface area contributed by atoms with E-state index in [2.05, 4.69) is 94.1 Å². The molecule has 0 aliphatic rings. The number of nitrogens with zero attached hydrogens (tertiary/aromatic N) is 5. The monoisotopic (exact) mass is 635 g/mol. The fourth-order valence-electron chi connectivity index (χ4n) is 7.37. The Bertz CT molecular complexity index is 2960. The molecule has 0 saturated carbocycles. The van der Waals surface area contributed by atoms with E-state index >= 15 is 0 Å². The van der Waals surface area contributed by atoms with Crippen LogP contribution in [-0.2, 0) is 0 Å². The van der Waals surface area contributed by atoms with Crippen LogP contribution in [0.15, 0.2) is 152 Å². The van der Waals surface area contributed by atoms with Gasteiger partial charge in [0.1, 0.15) is 0 Å². The number of aromatic nitrogens is 2. The zero-order valence-corrected chi connectivity index (χ0v) is 26.7. The highest BCUT2D eigenvalue weighted by Crippen LogP contribution is 2.39.